The van der Waals surface area contributed by atoms with Crippen molar-refractivity contribution in [1.82, 2.24) is 9.97 Å². The van der Waals surface area contributed by atoms with Crippen LogP contribution in [0.2, 0.25) is 0 Å². The first-order chi connectivity index (χ1) is 13.1. The molecule has 1 atom stereocenters. The second-order valence-electron chi connectivity index (χ2n) is 6.23. The van der Waals surface area contributed by atoms with Crippen LogP contribution in [0.5, 0.6) is 0 Å². The van der Waals surface area contributed by atoms with Gasteiger partial charge in [-0.25, -0.2) is 9.97 Å². The van der Waals surface area contributed by atoms with Crippen molar-refractivity contribution in [3.05, 3.63) is 52.0 Å². The maximum atomic E-state index is 13.2. The molecule has 6 nitrogen and oxygen atoms in total. The summed E-state index contributed by atoms with van der Waals surface area (Å²) in [6, 6.07) is 3.34. The maximum Gasteiger partial charge on any atom is 0.416 e. The summed E-state index contributed by atoms with van der Waals surface area (Å²) in [5.74, 6) is -0.125. The van der Waals surface area contributed by atoms with E-state index in [0.717, 1.165) is 6.07 Å². The number of alkyl halides is 3. The molecule has 1 N–H and O–H groups in total. The van der Waals surface area contributed by atoms with E-state index in [9.17, 15) is 22.8 Å². The molecule has 0 saturated carbocycles. The summed E-state index contributed by atoms with van der Waals surface area (Å²) in [7, 11) is 1.22. The molecule has 0 amide bonds. The zero-order valence-corrected chi connectivity index (χ0v) is 15.8. The van der Waals surface area contributed by atoms with E-state index in [1.54, 1.807) is 19.9 Å². The van der Waals surface area contributed by atoms with Crippen molar-refractivity contribution in [3.8, 4) is 0 Å². The van der Waals surface area contributed by atoms with Gasteiger partial charge >= 0.3 is 12.1 Å². The van der Waals surface area contributed by atoms with Crippen molar-refractivity contribution in [2.24, 2.45) is 0 Å². The van der Waals surface area contributed by atoms with E-state index in [1.165, 1.54) is 20.1 Å². The van der Waals surface area contributed by atoms with E-state index in [4.69, 9.17) is 0 Å². The summed E-state index contributed by atoms with van der Waals surface area (Å²) in [5.41, 5.74) is 0.0254. The highest BCUT2D eigenvalue weighted by Crippen LogP contribution is 2.35. The van der Waals surface area contributed by atoms with Crippen molar-refractivity contribution < 1.29 is 27.5 Å². The van der Waals surface area contributed by atoms with Crippen LogP contribution in [0.25, 0.3) is 0 Å². The molecule has 0 spiro atoms. The third kappa shape index (κ3) is 4.65. The average molecular weight is 395 g/mol. The van der Waals surface area contributed by atoms with Gasteiger partial charge in [0.2, 0.25) is 0 Å². The number of hydrogen-bond donors (Lipinski definition) is 1. The first kappa shape index (κ1) is 21.3. The molecule has 2 rings (SSSR count). The lowest BCUT2D eigenvalue weighted by Crippen LogP contribution is -2.17. The number of aryl methyl sites for hydroxylation is 1. The van der Waals surface area contributed by atoms with Gasteiger partial charge in [0.1, 0.15) is 11.6 Å². The van der Waals surface area contributed by atoms with E-state index in [1.807, 2.05) is 0 Å². The maximum absolute atomic E-state index is 13.2. The van der Waals surface area contributed by atoms with Crippen molar-refractivity contribution in [2.45, 2.75) is 39.4 Å². The quantitative estimate of drug-likeness (QED) is 0.592. The summed E-state index contributed by atoms with van der Waals surface area (Å²) >= 11 is 0. The number of nitrogens with one attached hydrogen (secondary N) is 1. The lowest BCUT2D eigenvalue weighted by atomic mass is 9.97. The summed E-state index contributed by atoms with van der Waals surface area (Å²) in [6.45, 7) is 4.64. The zero-order valence-electron chi connectivity index (χ0n) is 15.8. The minimum atomic E-state index is -4.47. The largest absolute Gasteiger partial charge is 0.469 e. The minimum absolute atomic E-state index is 0.0625. The number of anilines is 1. The molecular formula is C19H20F3N3O3. The van der Waals surface area contributed by atoms with Gasteiger partial charge in [-0.2, -0.15) is 13.2 Å². The molecule has 28 heavy (non-hydrogen) atoms. The predicted octanol–water partition coefficient (Wildman–Crippen LogP) is 3.81. The molecule has 0 fully saturated rings. The van der Waals surface area contributed by atoms with Crippen molar-refractivity contribution >= 4 is 18.1 Å². The Morgan fingerprint density at radius 2 is 1.96 bits per heavy atom. The highest BCUT2D eigenvalue weighted by molar-refractivity contribution is 5.86. The first-order valence-corrected chi connectivity index (χ1v) is 8.41. The molecule has 1 heterocycles. The number of aromatic nitrogens is 2. The Balaban J connectivity index is 2.43. The highest BCUT2D eigenvalue weighted by Gasteiger charge is 2.33. The smallest absolute Gasteiger partial charge is 0.416 e. The molecular weight excluding hydrogens is 375 g/mol. The molecule has 9 heteroatoms. The Bertz CT molecular complexity index is 898. The average Bonchev–Trinajstić information content (AvgIpc) is 2.60. The van der Waals surface area contributed by atoms with E-state index in [-0.39, 0.29) is 29.1 Å². The zero-order chi connectivity index (χ0) is 21.1. The summed E-state index contributed by atoms with van der Waals surface area (Å²) < 4.78 is 44.1. The number of esters is 1. The second kappa shape index (κ2) is 8.37. The van der Waals surface area contributed by atoms with E-state index < -0.39 is 23.8 Å². The van der Waals surface area contributed by atoms with E-state index in [0.29, 0.717) is 17.7 Å². The van der Waals surface area contributed by atoms with Crippen molar-refractivity contribution in [3.63, 3.8) is 0 Å². The minimum Gasteiger partial charge on any atom is -0.469 e. The van der Waals surface area contributed by atoms with Crippen LogP contribution < -0.4 is 5.32 Å². The summed E-state index contributed by atoms with van der Waals surface area (Å²) in [5, 5.41) is 2.97. The molecule has 1 unspecified atom stereocenters. The van der Waals surface area contributed by atoms with Crippen LogP contribution in [-0.2, 0) is 22.1 Å². The molecule has 150 valence electrons. The second-order valence-corrected chi connectivity index (χ2v) is 6.23. The van der Waals surface area contributed by atoms with Crippen molar-refractivity contribution in [1.29, 1.82) is 0 Å². The Hall–Kier alpha value is -2.97. The van der Waals surface area contributed by atoms with Gasteiger partial charge < -0.3 is 10.1 Å². The summed E-state index contributed by atoms with van der Waals surface area (Å²) in [6.07, 6.45) is -4.18. The highest BCUT2D eigenvalue weighted by atomic mass is 19.4. The number of carbonyl (C=O) groups excluding carboxylic acids is 2. The lowest BCUT2D eigenvalue weighted by Gasteiger charge is -2.21. The fourth-order valence-electron chi connectivity index (χ4n) is 2.93. The summed E-state index contributed by atoms with van der Waals surface area (Å²) in [4.78, 5) is 31.4. The number of benzene rings is 1. The molecule has 2 aromatic rings. The molecule has 0 bridgehead atoms. The number of aldehydes is 1. The molecule has 0 aliphatic heterocycles. The van der Waals surface area contributed by atoms with Gasteiger partial charge in [-0.05, 0) is 38.0 Å². The van der Waals surface area contributed by atoms with Crippen LogP contribution in [0.1, 0.15) is 51.5 Å². The van der Waals surface area contributed by atoms with Crippen LogP contribution in [-0.4, -0.2) is 29.3 Å². The fraction of sp³-hybridized carbons (Fsp3) is 0.368. The molecule has 1 aromatic carbocycles. The number of halogens is 3. The predicted molar refractivity (Wildman–Crippen MR) is 96.1 cm³/mol. The number of ether oxygens (including phenoxy) is 1. The van der Waals surface area contributed by atoms with Crippen LogP contribution >= 0.6 is 0 Å². The molecule has 0 saturated heterocycles. The third-order valence-corrected chi connectivity index (χ3v) is 4.29. The van der Waals surface area contributed by atoms with E-state index in [2.05, 4.69) is 20.0 Å². The Kier molecular flexibility index (Phi) is 6.37. The lowest BCUT2D eigenvalue weighted by molar-refractivity contribution is -0.140. The standard InChI is InChI=1S/C19H20F3N3O3/c1-10-13(6-5-7-15(10)19(20,21)22)11(2)23-18-14(9-26)16(8-17(27)28-4)24-12(3)25-18/h5-7,9,11H,8H2,1-4H3,(H,23,24,25). The Morgan fingerprint density at radius 3 is 2.54 bits per heavy atom. The SMILES string of the molecule is COC(=O)Cc1nc(C)nc(NC(C)c2cccc(C(F)(F)F)c2C)c1C=O. The number of rotatable bonds is 6. The van der Waals surface area contributed by atoms with Gasteiger partial charge in [0.05, 0.1) is 36.4 Å². The van der Waals surface area contributed by atoms with Crippen LogP contribution in [0.3, 0.4) is 0 Å². The monoisotopic (exact) mass is 395 g/mol. The molecule has 0 aliphatic rings. The number of hydrogen-bond acceptors (Lipinski definition) is 6. The van der Waals surface area contributed by atoms with Crippen LogP contribution in [0.4, 0.5) is 19.0 Å². The number of nitrogens with zero attached hydrogens (tertiary/aromatic N) is 2. The molecule has 0 aliphatic carbocycles. The van der Waals surface area contributed by atoms with Crippen LogP contribution in [0, 0.1) is 13.8 Å². The van der Waals surface area contributed by atoms with Crippen LogP contribution in [0.15, 0.2) is 18.2 Å². The van der Waals surface area contributed by atoms with Gasteiger partial charge in [-0.3, -0.25) is 9.59 Å². The third-order valence-electron chi connectivity index (χ3n) is 4.29. The fourth-order valence-corrected chi connectivity index (χ4v) is 2.93. The Labute approximate surface area is 160 Å². The number of carbonyl (C=O) groups is 2. The van der Waals surface area contributed by atoms with Gasteiger partial charge in [-0.1, -0.05) is 12.1 Å². The van der Waals surface area contributed by atoms with Gasteiger partial charge in [0, 0.05) is 0 Å². The topological polar surface area (TPSA) is 81.2 Å². The Morgan fingerprint density at radius 1 is 1.29 bits per heavy atom. The molecule has 0 radical (unpaired) electrons. The van der Waals surface area contributed by atoms with Crippen molar-refractivity contribution in [2.75, 3.05) is 12.4 Å². The molecule has 1 aromatic heterocycles. The first-order valence-electron chi connectivity index (χ1n) is 8.41. The normalized spacial score (nSPS) is 12.4. The van der Waals surface area contributed by atoms with Gasteiger partial charge in [0.15, 0.2) is 6.29 Å². The van der Waals surface area contributed by atoms with Gasteiger partial charge in [-0.15, -0.1) is 0 Å². The number of methoxy groups -OCH3 is 1. The van der Waals surface area contributed by atoms with E-state index >= 15 is 0 Å². The van der Waals surface area contributed by atoms with Gasteiger partial charge in [0.25, 0.3) is 0 Å².